The van der Waals surface area contributed by atoms with E-state index in [1.54, 1.807) is 24.4 Å². The van der Waals surface area contributed by atoms with Gasteiger partial charge in [0.25, 0.3) is 11.8 Å². The number of piperidine rings is 1. The van der Waals surface area contributed by atoms with Crippen LogP contribution in [0.15, 0.2) is 35.4 Å². The zero-order chi connectivity index (χ0) is 24.6. The minimum absolute atomic E-state index is 0.00645. The Hall–Kier alpha value is -3.54. The molecule has 0 unspecified atom stereocenters. The molecule has 10 nitrogen and oxygen atoms in total. The molecule has 0 aromatic carbocycles. The van der Waals surface area contributed by atoms with Gasteiger partial charge in [0.15, 0.2) is 17.2 Å². The van der Waals surface area contributed by atoms with Gasteiger partial charge in [0, 0.05) is 56.7 Å². The summed E-state index contributed by atoms with van der Waals surface area (Å²) < 4.78 is 40.8. The molecule has 3 aromatic rings. The first-order valence-electron chi connectivity index (χ1n) is 11.6. The number of ether oxygens (including phenoxy) is 2. The summed E-state index contributed by atoms with van der Waals surface area (Å²) in [6, 6.07) is 5.20. The lowest BCUT2D eigenvalue weighted by molar-refractivity contribution is -0.0494. The molecule has 186 valence electrons. The number of amides is 1. The lowest BCUT2D eigenvalue weighted by Crippen LogP contribution is -2.42. The standard InChI is InChI=1S/C23H26F2N6O4/c1-2-34-11-10-31-22(33)30-6-3-17(14-19(30)27-31)29-9-12-35-18-13-16(15-26-20(18)29)21(32)28-7-4-23(24,25)5-8-28/h3,6,13-15H,2,4-5,7-12H2,1H3. The van der Waals surface area contributed by atoms with Crippen LogP contribution in [-0.4, -0.2) is 75.3 Å². The lowest BCUT2D eigenvalue weighted by Gasteiger charge is -2.32. The van der Waals surface area contributed by atoms with Gasteiger partial charge in [0.1, 0.15) is 6.61 Å². The number of pyridine rings is 2. The van der Waals surface area contributed by atoms with E-state index in [1.165, 1.54) is 20.2 Å². The van der Waals surface area contributed by atoms with Gasteiger partial charge in [-0.2, -0.15) is 0 Å². The molecule has 2 aliphatic rings. The van der Waals surface area contributed by atoms with Crippen LogP contribution < -0.4 is 15.3 Å². The largest absolute Gasteiger partial charge is 0.488 e. The molecule has 0 N–H and O–H groups in total. The van der Waals surface area contributed by atoms with Gasteiger partial charge in [0.05, 0.1) is 25.3 Å². The van der Waals surface area contributed by atoms with Crippen molar-refractivity contribution in [1.29, 1.82) is 0 Å². The van der Waals surface area contributed by atoms with Crippen molar-refractivity contribution in [2.24, 2.45) is 0 Å². The molecule has 0 saturated carbocycles. The Morgan fingerprint density at radius 2 is 2.03 bits per heavy atom. The molecule has 1 amide bonds. The molecule has 0 spiro atoms. The van der Waals surface area contributed by atoms with Gasteiger partial charge in [-0.1, -0.05) is 0 Å². The van der Waals surface area contributed by atoms with Crippen LogP contribution in [-0.2, 0) is 11.3 Å². The van der Waals surface area contributed by atoms with E-state index in [4.69, 9.17) is 9.47 Å². The van der Waals surface area contributed by atoms with Crippen molar-refractivity contribution in [2.75, 3.05) is 44.4 Å². The summed E-state index contributed by atoms with van der Waals surface area (Å²) in [5, 5.41) is 4.40. The zero-order valence-corrected chi connectivity index (χ0v) is 19.3. The number of aromatic nitrogens is 4. The summed E-state index contributed by atoms with van der Waals surface area (Å²) in [5.41, 5.74) is 1.32. The normalized spacial score (nSPS) is 17.3. The van der Waals surface area contributed by atoms with E-state index >= 15 is 0 Å². The van der Waals surface area contributed by atoms with Crippen LogP contribution in [0, 0.1) is 0 Å². The highest BCUT2D eigenvalue weighted by Crippen LogP contribution is 2.36. The van der Waals surface area contributed by atoms with Crippen molar-refractivity contribution < 1.29 is 23.0 Å². The van der Waals surface area contributed by atoms with E-state index in [0.717, 1.165) is 5.69 Å². The second kappa shape index (κ2) is 9.25. The first-order valence-corrected chi connectivity index (χ1v) is 11.6. The maximum absolute atomic E-state index is 13.5. The van der Waals surface area contributed by atoms with Gasteiger partial charge in [-0.05, 0) is 19.1 Å². The fourth-order valence-electron chi connectivity index (χ4n) is 4.30. The predicted molar refractivity (Wildman–Crippen MR) is 123 cm³/mol. The summed E-state index contributed by atoms with van der Waals surface area (Å²) in [7, 11) is 0. The van der Waals surface area contributed by atoms with Gasteiger partial charge < -0.3 is 19.3 Å². The van der Waals surface area contributed by atoms with Crippen LogP contribution in [0.5, 0.6) is 5.75 Å². The second-order valence-electron chi connectivity index (χ2n) is 8.51. The molecule has 0 radical (unpaired) electrons. The van der Waals surface area contributed by atoms with Crippen molar-refractivity contribution in [3.63, 3.8) is 0 Å². The minimum Gasteiger partial charge on any atom is -0.488 e. The van der Waals surface area contributed by atoms with Gasteiger partial charge in [0.2, 0.25) is 0 Å². The van der Waals surface area contributed by atoms with Gasteiger partial charge in [-0.25, -0.2) is 23.2 Å². The molecule has 0 atom stereocenters. The lowest BCUT2D eigenvalue weighted by atomic mass is 10.1. The van der Waals surface area contributed by atoms with E-state index in [9.17, 15) is 18.4 Å². The molecular weight excluding hydrogens is 462 g/mol. The number of rotatable bonds is 6. The average Bonchev–Trinajstić information content (AvgIpc) is 3.17. The van der Waals surface area contributed by atoms with Gasteiger partial charge in [-0.3, -0.25) is 9.20 Å². The fourth-order valence-corrected chi connectivity index (χ4v) is 4.30. The number of anilines is 2. The van der Waals surface area contributed by atoms with E-state index in [-0.39, 0.29) is 37.5 Å². The van der Waals surface area contributed by atoms with Gasteiger partial charge >= 0.3 is 5.69 Å². The molecule has 5 rings (SSSR count). The monoisotopic (exact) mass is 488 g/mol. The number of nitrogens with zero attached hydrogens (tertiary/aromatic N) is 6. The van der Waals surface area contributed by atoms with Crippen LogP contribution in [0.1, 0.15) is 30.1 Å². The van der Waals surface area contributed by atoms with Crippen LogP contribution >= 0.6 is 0 Å². The number of hydrogen-bond acceptors (Lipinski definition) is 7. The smallest absolute Gasteiger partial charge is 0.350 e. The molecule has 12 heteroatoms. The summed E-state index contributed by atoms with van der Waals surface area (Å²) in [4.78, 5) is 33.2. The van der Waals surface area contributed by atoms with Crippen LogP contribution in [0.2, 0.25) is 0 Å². The van der Waals surface area contributed by atoms with E-state index in [0.29, 0.717) is 55.7 Å². The number of carbonyl (C=O) groups is 1. The third-order valence-corrected chi connectivity index (χ3v) is 6.22. The minimum atomic E-state index is -2.72. The molecule has 35 heavy (non-hydrogen) atoms. The zero-order valence-electron chi connectivity index (χ0n) is 19.3. The summed E-state index contributed by atoms with van der Waals surface area (Å²) in [6.07, 6.45) is 2.43. The topological polar surface area (TPSA) is 94.2 Å². The number of likely N-dealkylation sites (tertiary alicyclic amines) is 1. The highest BCUT2D eigenvalue weighted by Gasteiger charge is 2.36. The average molecular weight is 488 g/mol. The molecule has 0 aliphatic carbocycles. The first-order chi connectivity index (χ1) is 16.9. The quantitative estimate of drug-likeness (QED) is 0.492. The van der Waals surface area contributed by atoms with Crippen LogP contribution in [0.3, 0.4) is 0 Å². The molecule has 1 saturated heterocycles. The molecule has 0 bridgehead atoms. The van der Waals surface area contributed by atoms with Gasteiger partial charge in [-0.15, -0.1) is 5.10 Å². The van der Waals surface area contributed by atoms with Crippen LogP contribution in [0.4, 0.5) is 20.3 Å². The summed E-state index contributed by atoms with van der Waals surface area (Å²) >= 11 is 0. The van der Waals surface area contributed by atoms with E-state index in [1.807, 2.05) is 11.8 Å². The molecular formula is C23H26F2N6O4. The predicted octanol–water partition coefficient (Wildman–Crippen LogP) is 2.33. The highest BCUT2D eigenvalue weighted by molar-refractivity contribution is 5.95. The Balaban J connectivity index is 1.38. The Kier molecular flexibility index (Phi) is 6.13. The second-order valence-corrected chi connectivity index (χ2v) is 8.51. The fraction of sp³-hybridized carbons (Fsp3) is 0.478. The molecule has 1 fully saturated rings. The third-order valence-electron chi connectivity index (χ3n) is 6.22. The maximum atomic E-state index is 13.5. The number of carbonyl (C=O) groups excluding carboxylic acids is 1. The molecule has 2 aliphatic heterocycles. The van der Waals surface area contributed by atoms with Crippen molar-refractivity contribution in [3.8, 4) is 5.75 Å². The number of fused-ring (bicyclic) bond motifs is 2. The molecule has 5 heterocycles. The number of hydrogen-bond donors (Lipinski definition) is 0. The molecule has 3 aromatic heterocycles. The Morgan fingerprint density at radius 1 is 1.23 bits per heavy atom. The van der Waals surface area contributed by atoms with Crippen molar-refractivity contribution in [2.45, 2.75) is 32.2 Å². The Labute approximate surface area is 199 Å². The van der Waals surface area contributed by atoms with Crippen LogP contribution in [0.25, 0.3) is 5.65 Å². The first kappa shape index (κ1) is 23.2. The SMILES string of the molecule is CCOCCn1nc2cc(N3CCOc4cc(C(=O)N5CCC(F)(F)CC5)cnc43)ccn2c1=O. The number of halogens is 2. The highest BCUT2D eigenvalue weighted by atomic mass is 19.3. The summed E-state index contributed by atoms with van der Waals surface area (Å²) in [5.74, 6) is -2.10. The van der Waals surface area contributed by atoms with Crippen molar-refractivity contribution in [1.82, 2.24) is 24.1 Å². The Morgan fingerprint density at radius 3 is 2.80 bits per heavy atom. The van der Waals surface area contributed by atoms with E-state index in [2.05, 4.69) is 10.1 Å². The maximum Gasteiger partial charge on any atom is 0.350 e. The Bertz CT molecular complexity index is 1300. The van der Waals surface area contributed by atoms with Crippen molar-refractivity contribution in [3.05, 3.63) is 46.6 Å². The van der Waals surface area contributed by atoms with E-state index < -0.39 is 5.92 Å². The number of alkyl halides is 2. The third kappa shape index (κ3) is 4.57. The summed E-state index contributed by atoms with van der Waals surface area (Å²) in [6.45, 7) is 4.10. The van der Waals surface area contributed by atoms with Crippen molar-refractivity contribution >= 4 is 23.1 Å².